The third kappa shape index (κ3) is 2.61. The molecule has 2 aliphatic rings. The summed E-state index contributed by atoms with van der Waals surface area (Å²) >= 11 is 0. The first-order valence-electron chi connectivity index (χ1n) is 9.37. The smallest absolute Gasteiger partial charge is 0.124 e. The minimum atomic E-state index is -0.380. The molecule has 0 unspecified atom stereocenters. The van der Waals surface area contributed by atoms with Crippen molar-refractivity contribution in [3.63, 3.8) is 0 Å². The molecule has 0 saturated heterocycles. The lowest BCUT2D eigenvalue weighted by Crippen LogP contribution is -1.93. The summed E-state index contributed by atoms with van der Waals surface area (Å²) in [5, 5.41) is 5.45. The van der Waals surface area contributed by atoms with Crippen LogP contribution in [0.25, 0.3) is 44.1 Å². The van der Waals surface area contributed by atoms with Gasteiger partial charge in [0, 0.05) is 27.4 Å². The number of fused-ring (bicyclic) bond motifs is 5. The van der Waals surface area contributed by atoms with Crippen molar-refractivity contribution in [1.29, 1.82) is 0 Å². The number of halogens is 1. The highest BCUT2D eigenvalue weighted by atomic mass is 19.1. The van der Waals surface area contributed by atoms with Gasteiger partial charge in [0.25, 0.3) is 0 Å². The van der Waals surface area contributed by atoms with Crippen molar-refractivity contribution in [1.82, 2.24) is 4.98 Å². The second-order valence-electron chi connectivity index (χ2n) is 7.02. The van der Waals surface area contributed by atoms with E-state index in [1.807, 2.05) is 36.4 Å². The molecule has 0 atom stereocenters. The molecular weight excluding hydrogens is 383 g/mol. The minimum absolute atomic E-state index is 0.276. The molecule has 6 heteroatoms. The Labute approximate surface area is 171 Å². The van der Waals surface area contributed by atoms with Gasteiger partial charge in [-0.15, -0.1) is 4.91 Å². The van der Waals surface area contributed by atoms with Crippen molar-refractivity contribution in [2.75, 3.05) is 14.2 Å². The molecule has 5 nitrogen and oxygen atoms in total. The maximum atomic E-state index is 14.1. The van der Waals surface area contributed by atoms with E-state index in [9.17, 15) is 9.30 Å². The SMILES string of the molecule is COc1ccc(-c2[nH]c3ccc(F)cc3c3c(N=O)c4cc(OC)ccc4c2-3)cc1. The van der Waals surface area contributed by atoms with E-state index in [0.29, 0.717) is 27.6 Å². The van der Waals surface area contributed by atoms with Crippen LogP contribution in [0.2, 0.25) is 0 Å². The molecule has 0 bridgehead atoms. The number of benzene rings is 3. The molecule has 0 fully saturated rings. The largest absolute Gasteiger partial charge is 0.497 e. The van der Waals surface area contributed by atoms with Gasteiger partial charge in [0.2, 0.25) is 0 Å². The van der Waals surface area contributed by atoms with Crippen LogP contribution >= 0.6 is 0 Å². The topological polar surface area (TPSA) is 63.7 Å². The Morgan fingerprint density at radius 2 is 1.53 bits per heavy atom. The van der Waals surface area contributed by atoms with Gasteiger partial charge in [-0.2, -0.15) is 0 Å². The Morgan fingerprint density at radius 3 is 2.23 bits per heavy atom. The number of hydrogen-bond acceptors (Lipinski definition) is 4. The summed E-state index contributed by atoms with van der Waals surface area (Å²) in [7, 11) is 3.18. The maximum Gasteiger partial charge on any atom is 0.124 e. The molecular formula is C24H17FN2O3. The number of nitrogens with one attached hydrogen (secondary N) is 1. The first kappa shape index (κ1) is 18.1. The van der Waals surface area contributed by atoms with E-state index in [-0.39, 0.29) is 11.5 Å². The lowest BCUT2D eigenvalue weighted by Gasteiger charge is -2.15. The van der Waals surface area contributed by atoms with Gasteiger partial charge < -0.3 is 14.5 Å². The van der Waals surface area contributed by atoms with Gasteiger partial charge in [-0.25, -0.2) is 4.39 Å². The van der Waals surface area contributed by atoms with E-state index in [1.54, 1.807) is 26.4 Å². The molecule has 5 rings (SSSR count). The second kappa shape index (κ2) is 6.84. The number of nitrogens with zero attached hydrogens (tertiary/aromatic N) is 1. The van der Waals surface area contributed by atoms with Crippen molar-refractivity contribution in [2.45, 2.75) is 0 Å². The Hall–Kier alpha value is -3.93. The highest BCUT2D eigenvalue weighted by Gasteiger charge is 2.26. The number of H-pyrrole nitrogens is 1. The molecule has 0 radical (unpaired) electrons. The zero-order valence-corrected chi connectivity index (χ0v) is 16.3. The van der Waals surface area contributed by atoms with Crippen LogP contribution in [-0.4, -0.2) is 19.2 Å². The third-order valence-electron chi connectivity index (χ3n) is 5.47. The number of pyridine rings is 1. The van der Waals surface area contributed by atoms with Crippen molar-refractivity contribution in [3.05, 3.63) is 71.4 Å². The predicted molar refractivity (Wildman–Crippen MR) is 116 cm³/mol. The van der Waals surface area contributed by atoms with Crippen LogP contribution in [0.1, 0.15) is 0 Å². The molecule has 1 heterocycles. The van der Waals surface area contributed by atoms with Crippen molar-refractivity contribution < 1.29 is 13.9 Å². The van der Waals surface area contributed by atoms with Crippen LogP contribution in [0.4, 0.5) is 10.1 Å². The van der Waals surface area contributed by atoms with Gasteiger partial charge in [-0.05, 0) is 76.8 Å². The lowest BCUT2D eigenvalue weighted by atomic mass is 9.96. The number of methoxy groups -OCH3 is 2. The van der Waals surface area contributed by atoms with Gasteiger partial charge in [-0.1, -0.05) is 0 Å². The third-order valence-corrected chi connectivity index (χ3v) is 5.47. The van der Waals surface area contributed by atoms with E-state index in [0.717, 1.165) is 28.0 Å². The lowest BCUT2D eigenvalue weighted by molar-refractivity contribution is 0.415. The van der Waals surface area contributed by atoms with Crippen LogP contribution < -0.4 is 9.47 Å². The summed E-state index contributed by atoms with van der Waals surface area (Å²) in [5.41, 5.74) is 4.14. The van der Waals surface area contributed by atoms with Crippen LogP contribution in [-0.2, 0) is 0 Å². The molecule has 148 valence electrons. The first-order valence-corrected chi connectivity index (χ1v) is 9.37. The van der Waals surface area contributed by atoms with E-state index >= 15 is 0 Å². The van der Waals surface area contributed by atoms with E-state index in [2.05, 4.69) is 10.2 Å². The monoisotopic (exact) mass is 400 g/mol. The van der Waals surface area contributed by atoms with Crippen LogP contribution in [0.15, 0.2) is 65.8 Å². The van der Waals surface area contributed by atoms with Crippen molar-refractivity contribution in [2.24, 2.45) is 5.18 Å². The molecule has 3 aromatic carbocycles. The number of rotatable bonds is 4. The normalized spacial score (nSPS) is 11.3. The number of ether oxygens (including phenoxy) is 2. The minimum Gasteiger partial charge on any atom is -0.497 e. The fourth-order valence-electron chi connectivity index (χ4n) is 4.07. The van der Waals surface area contributed by atoms with Crippen LogP contribution in [0, 0.1) is 10.7 Å². The van der Waals surface area contributed by atoms with Crippen LogP contribution in [0.5, 0.6) is 11.5 Å². The molecule has 1 aliphatic heterocycles. The zero-order valence-electron chi connectivity index (χ0n) is 16.3. The summed E-state index contributed by atoms with van der Waals surface area (Å²) < 4.78 is 24.7. The highest BCUT2D eigenvalue weighted by Crippen LogP contribution is 2.52. The maximum absolute atomic E-state index is 14.1. The van der Waals surface area contributed by atoms with Gasteiger partial charge in [0.15, 0.2) is 0 Å². The predicted octanol–water partition coefficient (Wildman–Crippen LogP) is 6.65. The number of aromatic nitrogens is 1. The van der Waals surface area contributed by atoms with Gasteiger partial charge in [0.05, 0.1) is 19.9 Å². The van der Waals surface area contributed by atoms with E-state index in [4.69, 9.17) is 9.47 Å². The van der Waals surface area contributed by atoms with Crippen molar-refractivity contribution in [3.8, 4) is 33.9 Å². The molecule has 1 aliphatic carbocycles. The average Bonchev–Trinajstić information content (AvgIpc) is 3.12. The molecule has 0 spiro atoms. The summed E-state index contributed by atoms with van der Waals surface area (Å²) in [5.74, 6) is 0.979. The van der Waals surface area contributed by atoms with Crippen LogP contribution in [0.3, 0.4) is 0 Å². The zero-order chi connectivity index (χ0) is 20.8. The number of aromatic amines is 1. The highest BCUT2D eigenvalue weighted by molar-refractivity contribution is 6.22. The number of nitroso groups, excluding NO2 is 1. The van der Waals surface area contributed by atoms with Gasteiger partial charge >= 0.3 is 0 Å². The van der Waals surface area contributed by atoms with E-state index < -0.39 is 0 Å². The Bertz CT molecular complexity index is 1390. The number of hydrogen-bond donors (Lipinski definition) is 1. The molecule has 3 aromatic rings. The second-order valence-corrected chi connectivity index (χ2v) is 7.02. The molecule has 30 heavy (non-hydrogen) atoms. The fraction of sp³-hybridized carbons (Fsp3) is 0.0833. The van der Waals surface area contributed by atoms with Gasteiger partial charge in [0.1, 0.15) is 23.0 Å². The molecule has 1 N–H and O–H groups in total. The van der Waals surface area contributed by atoms with Crippen molar-refractivity contribution >= 4 is 27.4 Å². The quantitative estimate of drug-likeness (QED) is 0.344. The Morgan fingerprint density at radius 1 is 0.800 bits per heavy atom. The average molecular weight is 400 g/mol. The summed E-state index contributed by atoms with van der Waals surface area (Å²) in [6.07, 6.45) is 0. The molecule has 0 amide bonds. The fourth-order valence-corrected chi connectivity index (χ4v) is 4.07. The van der Waals surface area contributed by atoms with Gasteiger partial charge in [-0.3, -0.25) is 0 Å². The summed E-state index contributed by atoms with van der Waals surface area (Å²) in [6, 6.07) is 17.6. The summed E-state index contributed by atoms with van der Waals surface area (Å²) in [6.45, 7) is 0. The standard InChI is InChI=1S/C24H17FN2O3/c1-29-15-6-3-13(4-7-15)23-21-17-9-8-16(30-2)12-18(17)24(27-28)22(21)19-11-14(25)5-10-20(19)26-23/h3-12,26H,1-2H3. The molecule has 0 aromatic heterocycles. The Kier molecular flexibility index (Phi) is 4.13. The molecule has 0 saturated carbocycles. The van der Waals surface area contributed by atoms with E-state index in [1.165, 1.54) is 12.1 Å². The Balaban J connectivity index is 1.97. The summed E-state index contributed by atoms with van der Waals surface area (Å²) in [4.78, 5) is 15.4. The first-order chi connectivity index (χ1) is 14.6.